The predicted molar refractivity (Wildman–Crippen MR) is 54.5 cm³/mol. The number of urea groups is 1. The Bertz CT molecular complexity index is 365. The summed E-state index contributed by atoms with van der Waals surface area (Å²) in [6, 6.07) is 5.03. The van der Waals surface area contributed by atoms with Crippen molar-refractivity contribution in [2.45, 2.75) is 6.04 Å². The Morgan fingerprint density at radius 3 is 2.67 bits per heavy atom. The van der Waals surface area contributed by atoms with E-state index in [9.17, 15) is 14.7 Å². The van der Waals surface area contributed by atoms with Crippen LogP contribution in [0.4, 0.5) is 4.79 Å². The monoisotopic (exact) mass is 208 g/mol. The summed E-state index contributed by atoms with van der Waals surface area (Å²) in [5, 5.41) is 14.2. The average molecular weight is 208 g/mol. The van der Waals surface area contributed by atoms with Gasteiger partial charge in [-0.15, -0.1) is 0 Å². The minimum absolute atomic E-state index is 0.0222. The first-order chi connectivity index (χ1) is 7.19. The van der Waals surface area contributed by atoms with Gasteiger partial charge in [-0.3, -0.25) is 0 Å². The second-order valence-electron chi connectivity index (χ2n) is 2.90. The average Bonchev–Trinajstić information content (AvgIpc) is 2.26. The molecule has 0 radical (unpaired) electrons. The van der Waals surface area contributed by atoms with E-state index in [0.29, 0.717) is 11.8 Å². The highest BCUT2D eigenvalue weighted by atomic mass is 16.3. The van der Waals surface area contributed by atoms with Gasteiger partial charge in [-0.2, -0.15) is 0 Å². The molecule has 0 aliphatic heterocycles. The molecular formula is C10H12N2O3. The molecule has 1 rings (SSSR count). The van der Waals surface area contributed by atoms with Crippen LogP contribution in [-0.4, -0.2) is 24.5 Å². The van der Waals surface area contributed by atoms with E-state index in [-0.39, 0.29) is 5.75 Å². The summed E-state index contributed by atoms with van der Waals surface area (Å²) in [5.41, 5.74) is 0.371. The fourth-order valence-electron chi connectivity index (χ4n) is 1.15. The molecule has 0 aliphatic rings. The maximum absolute atomic E-state index is 11.0. The number of nitrogens with one attached hydrogen (secondary N) is 2. The largest absolute Gasteiger partial charge is 0.508 e. The van der Waals surface area contributed by atoms with Crippen LogP contribution >= 0.6 is 0 Å². The molecule has 0 aromatic heterocycles. The Kier molecular flexibility index (Phi) is 3.68. The number of phenols is 1. The Morgan fingerprint density at radius 2 is 2.13 bits per heavy atom. The van der Waals surface area contributed by atoms with Crippen LogP contribution in [0.25, 0.3) is 0 Å². The zero-order valence-corrected chi connectivity index (χ0v) is 8.23. The quantitative estimate of drug-likeness (QED) is 0.635. The summed E-state index contributed by atoms with van der Waals surface area (Å²) in [4.78, 5) is 21.8. The molecule has 0 heterocycles. The predicted octanol–water partition coefficient (Wildman–Crippen LogP) is 0.561. The molecule has 5 heteroatoms. The number of carbonyl (C=O) groups excluding carboxylic acids is 2. The van der Waals surface area contributed by atoms with E-state index in [1.165, 1.54) is 13.1 Å². The van der Waals surface area contributed by atoms with E-state index in [2.05, 4.69) is 10.6 Å². The van der Waals surface area contributed by atoms with Gasteiger partial charge >= 0.3 is 6.03 Å². The number of phenolic OH excluding ortho intramolecular Hbond substituents is 1. The van der Waals surface area contributed by atoms with Gasteiger partial charge in [-0.05, 0) is 6.07 Å². The Balaban J connectivity index is 2.88. The van der Waals surface area contributed by atoms with E-state index in [0.717, 1.165) is 0 Å². The fraction of sp³-hybridized carbons (Fsp3) is 0.200. The molecule has 1 unspecified atom stereocenters. The maximum atomic E-state index is 11.0. The number of carbonyl (C=O) groups is 2. The van der Waals surface area contributed by atoms with E-state index < -0.39 is 12.1 Å². The number of hydrogen-bond acceptors (Lipinski definition) is 3. The Hall–Kier alpha value is -2.04. The first-order valence-corrected chi connectivity index (χ1v) is 4.40. The zero-order chi connectivity index (χ0) is 11.3. The fourth-order valence-corrected chi connectivity index (χ4v) is 1.15. The lowest BCUT2D eigenvalue weighted by molar-refractivity contribution is -0.109. The highest BCUT2D eigenvalue weighted by molar-refractivity contribution is 5.78. The molecule has 1 aromatic carbocycles. The number of para-hydroxylation sites is 1. The second kappa shape index (κ2) is 4.99. The lowest BCUT2D eigenvalue weighted by atomic mass is 10.1. The van der Waals surface area contributed by atoms with Gasteiger partial charge < -0.3 is 20.5 Å². The lowest BCUT2D eigenvalue weighted by Crippen LogP contribution is -2.36. The number of aldehydes is 1. The van der Waals surface area contributed by atoms with Crippen molar-refractivity contribution < 1.29 is 14.7 Å². The molecule has 0 saturated carbocycles. The van der Waals surface area contributed by atoms with Crippen molar-refractivity contribution in [3.05, 3.63) is 29.8 Å². The number of amides is 2. The van der Waals surface area contributed by atoms with Crippen molar-refractivity contribution in [2.75, 3.05) is 7.05 Å². The molecule has 0 fully saturated rings. The Labute approximate surface area is 87.1 Å². The number of benzene rings is 1. The van der Waals surface area contributed by atoms with Gasteiger partial charge in [-0.25, -0.2) is 4.79 Å². The number of rotatable bonds is 3. The molecule has 3 N–H and O–H groups in total. The van der Waals surface area contributed by atoms with E-state index in [1.54, 1.807) is 18.2 Å². The summed E-state index contributed by atoms with van der Waals surface area (Å²) < 4.78 is 0. The van der Waals surface area contributed by atoms with Crippen LogP contribution in [-0.2, 0) is 4.79 Å². The van der Waals surface area contributed by atoms with Crippen LogP contribution in [0.15, 0.2) is 24.3 Å². The third-order valence-corrected chi connectivity index (χ3v) is 1.92. The number of hydrogen-bond donors (Lipinski definition) is 3. The first-order valence-electron chi connectivity index (χ1n) is 4.40. The van der Waals surface area contributed by atoms with Gasteiger partial charge in [0.25, 0.3) is 0 Å². The summed E-state index contributed by atoms with van der Waals surface area (Å²) in [6.45, 7) is 0. The van der Waals surface area contributed by atoms with Gasteiger partial charge in [0.1, 0.15) is 18.1 Å². The third-order valence-electron chi connectivity index (χ3n) is 1.92. The van der Waals surface area contributed by atoms with Gasteiger partial charge in [0, 0.05) is 12.6 Å². The van der Waals surface area contributed by atoms with E-state index in [1.807, 2.05) is 0 Å². The minimum Gasteiger partial charge on any atom is -0.508 e. The van der Waals surface area contributed by atoms with Crippen LogP contribution in [0.5, 0.6) is 5.75 Å². The van der Waals surface area contributed by atoms with Crippen molar-refractivity contribution >= 4 is 12.3 Å². The van der Waals surface area contributed by atoms with Crippen molar-refractivity contribution in [1.82, 2.24) is 10.6 Å². The summed E-state index contributed by atoms with van der Waals surface area (Å²) in [7, 11) is 1.45. The highest BCUT2D eigenvalue weighted by Crippen LogP contribution is 2.21. The lowest BCUT2D eigenvalue weighted by Gasteiger charge is -2.13. The molecule has 0 aliphatic carbocycles. The second-order valence-corrected chi connectivity index (χ2v) is 2.90. The molecule has 5 nitrogen and oxygen atoms in total. The summed E-state index contributed by atoms with van der Waals surface area (Å²) in [5.74, 6) is -0.0222. The highest BCUT2D eigenvalue weighted by Gasteiger charge is 2.15. The van der Waals surface area contributed by atoms with Gasteiger partial charge in [0.2, 0.25) is 0 Å². The minimum atomic E-state index is -0.842. The summed E-state index contributed by atoms with van der Waals surface area (Å²) >= 11 is 0. The smallest absolute Gasteiger partial charge is 0.315 e. The molecule has 15 heavy (non-hydrogen) atoms. The molecule has 0 spiro atoms. The molecule has 80 valence electrons. The summed E-state index contributed by atoms with van der Waals surface area (Å²) in [6.07, 6.45) is 0.560. The van der Waals surface area contributed by atoms with Crippen molar-refractivity contribution in [3.63, 3.8) is 0 Å². The molecule has 0 saturated heterocycles. The van der Waals surface area contributed by atoms with Crippen LogP contribution in [0.2, 0.25) is 0 Å². The van der Waals surface area contributed by atoms with E-state index in [4.69, 9.17) is 0 Å². The molecule has 1 atom stereocenters. The molecule has 2 amide bonds. The van der Waals surface area contributed by atoms with Crippen LogP contribution in [0, 0.1) is 0 Å². The van der Waals surface area contributed by atoms with Crippen molar-refractivity contribution in [1.29, 1.82) is 0 Å². The molecule has 0 bridgehead atoms. The molecule has 1 aromatic rings. The van der Waals surface area contributed by atoms with Crippen LogP contribution in [0.3, 0.4) is 0 Å². The van der Waals surface area contributed by atoms with Crippen molar-refractivity contribution in [3.8, 4) is 5.75 Å². The maximum Gasteiger partial charge on any atom is 0.315 e. The zero-order valence-electron chi connectivity index (χ0n) is 8.23. The SMILES string of the molecule is CNC(=O)NC(C=O)c1ccccc1O. The topological polar surface area (TPSA) is 78.4 Å². The van der Waals surface area contributed by atoms with Crippen LogP contribution < -0.4 is 10.6 Å². The number of aromatic hydroxyl groups is 1. The molecular weight excluding hydrogens is 196 g/mol. The Morgan fingerprint density at radius 1 is 1.47 bits per heavy atom. The first kappa shape index (κ1) is 11.0. The van der Waals surface area contributed by atoms with Gasteiger partial charge in [0.05, 0.1) is 0 Å². The van der Waals surface area contributed by atoms with Crippen LogP contribution in [0.1, 0.15) is 11.6 Å². The normalized spacial score (nSPS) is 11.5. The standard InChI is InChI=1S/C10H12N2O3/c1-11-10(15)12-8(6-13)7-4-2-3-5-9(7)14/h2-6,8,14H,1H3,(H2,11,12,15). The third kappa shape index (κ3) is 2.70. The van der Waals surface area contributed by atoms with Gasteiger partial charge in [0.15, 0.2) is 0 Å². The van der Waals surface area contributed by atoms with Gasteiger partial charge in [-0.1, -0.05) is 18.2 Å². The van der Waals surface area contributed by atoms with E-state index >= 15 is 0 Å². The van der Waals surface area contributed by atoms with Crippen molar-refractivity contribution in [2.24, 2.45) is 0 Å².